The molecule has 0 saturated heterocycles. The quantitative estimate of drug-likeness (QED) is 0.346. The van der Waals surface area contributed by atoms with Crippen LogP contribution in [0.15, 0.2) is 23.4 Å². The van der Waals surface area contributed by atoms with Crippen molar-refractivity contribution in [3.05, 3.63) is 29.1 Å². The molecule has 6 heteroatoms. The van der Waals surface area contributed by atoms with Crippen LogP contribution in [0.2, 0.25) is 0 Å². The summed E-state index contributed by atoms with van der Waals surface area (Å²) < 4.78 is 23.3. The van der Waals surface area contributed by atoms with Crippen molar-refractivity contribution in [2.45, 2.75) is 11.9 Å². The third kappa shape index (κ3) is 2.46. The van der Waals surface area contributed by atoms with Crippen LogP contribution in [0.25, 0.3) is 6.08 Å². The molecule has 0 radical (unpaired) electrons. The highest BCUT2D eigenvalue weighted by Gasteiger charge is 2.19. The van der Waals surface area contributed by atoms with Crippen LogP contribution in [-0.4, -0.2) is 31.1 Å². The second-order valence-electron chi connectivity index (χ2n) is 3.20. The molecule has 0 atom stereocenters. The van der Waals surface area contributed by atoms with Gasteiger partial charge in [0.1, 0.15) is 6.72 Å². The number of hydrogen-bond acceptors (Lipinski definition) is 4. The highest BCUT2D eigenvalue weighted by molar-refractivity contribution is 7.90. The minimum absolute atomic E-state index is 0.118. The fraction of sp³-hybridized carbons (Fsp3) is 0.200. The molecular formula is C10H12N2O3S. The van der Waals surface area contributed by atoms with Crippen LogP contribution in [0.5, 0.6) is 0 Å². The summed E-state index contributed by atoms with van der Waals surface area (Å²) in [5.74, 6) is 0. The van der Waals surface area contributed by atoms with E-state index in [9.17, 15) is 13.6 Å². The minimum Gasteiger partial charge on any atom is -0.619 e. The lowest BCUT2D eigenvalue weighted by Gasteiger charge is -2.07. The molecule has 0 fully saturated rings. The van der Waals surface area contributed by atoms with E-state index in [0.717, 1.165) is 6.26 Å². The van der Waals surface area contributed by atoms with Crippen molar-refractivity contribution in [2.75, 3.05) is 6.26 Å². The maximum absolute atomic E-state index is 11.5. The second-order valence-corrected chi connectivity index (χ2v) is 5.13. The smallest absolute Gasteiger partial charge is 0.227 e. The van der Waals surface area contributed by atoms with Gasteiger partial charge in [-0.25, -0.2) is 13.4 Å². The number of aromatic nitrogens is 1. The summed E-state index contributed by atoms with van der Waals surface area (Å²) in [4.78, 5) is 3.78. The van der Waals surface area contributed by atoms with E-state index >= 15 is 0 Å². The second kappa shape index (κ2) is 4.44. The molecule has 0 aliphatic rings. The molecule has 1 aromatic rings. The van der Waals surface area contributed by atoms with Gasteiger partial charge in [0.15, 0.2) is 14.9 Å². The number of allylic oxidation sites excluding steroid dienone is 1. The third-order valence-corrected chi connectivity index (χ3v) is 2.91. The van der Waals surface area contributed by atoms with E-state index in [0.29, 0.717) is 4.74 Å². The molecule has 0 unspecified atom stereocenters. The van der Waals surface area contributed by atoms with E-state index in [1.807, 2.05) is 0 Å². The van der Waals surface area contributed by atoms with Crippen LogP contribution < -0.4 is 0 Å². The lowest BCUT2D eigenvalue weighted by Crippen LogP contribution is -2.06. The van der Waals surface area contributed by atoms with Crippen molar-refractivity contribution in [1.82, 2.24) is 4.98 Å². The third-order valence-electron chi connectivity index (χ3n) is 1.88. The topological polar surface area (TPSA) is 73.1 Å². The van der Waals surface area contributed by atoms with Crippen LogP contribution in [0.4, 0.5) is 5.69 Å². The van der Waals surface area contributed by atoms with Crippen LogP contribution in [0, 0.1) is 5.21 Å². The molecule has 0 N–H and O–H groups in total. The summed E-state index contributed by atoms with van der Waals surface area (Å²) in [5, 5.41) is 11.1. The Morgan fingerprint density at radius 2 is 2.19 bits per heavy atom. The van der Waals surface area contributed by atoms with Gasteiger partial charge in [-0.2, -0.15) is 4.74 Å². The summed E-state index contributed by atoms with van der Waals surface area (Å²) in [6, 6.07) is 1.42. The number of rotatable bonds is 3. The molecule has 1 aromatic heterocycles. The lowest BCUT2D eigenvalue weighted by atomic mass is 10.2. The number of sulfone groups is 1. The average Bonchev–Trinajstić information content (AvgIpc) is 2.16. The van der Waals surface area contributed by atoms with Gasteiger partial charge < -0.3 is 5.21 Å². The van der Waals surface area contributed by atoms with Gasteiger partial charge in [-0.3, -0.25) is 0 Å². The fourth-order valence-corrected chi connectivity index (χ4v) is 2.11. The van der Waals surface area contributed by atoms with Crippen molar-refractivity contribution in [2.24, 2.45) is 0 Å². The highest BCUT2D eigenvalue weighted by atomic mass is 32.2. The monoisotopic (exact) mass is 240 g/mol. The van der Waals surface area contributed by atoms with Gasteiger partial charge in [0, 0.05) is 18.5 Å². The molecular weight excluding hydrogens is 228 g/mol. The summed E-state index contributed by atoms with van der Waals surface area (Å²) in [6.07, 6.45) is 5.48. The first-order valence-electron chi connectivity index (χ1n) is 4.47. The molecule has 0 amide bonds. The number of nitrogens with zero attached hydrogens (tertiary/aromatic N) is 2. The molecule has 0 spiro atoms. The van der Waals surface area contributed by atoms with Crippen LogP contribution in [-0.2, 0) is 9.84 Å². The van der Waals surface area contributed by atoms with E-state index in [-0.39, 0.29) is 16.3 Å². The SMILES string of the molecule is C=[N+]([O-])c1ccnc(S(C)(=O)=O)c1/C=C\C. The van der Waals surface area contributed by atoms with E-state index in [1.54, 1.807) is 13.0 Å². The zero-order valence-electron chi connectivity index (χ0n) is 9.04. The number of hydrogen-bond donors (Lipinski definition) is 0. The summed E-state index contributed by atoms with van der Waals surface area (Å²) in [7, 11) is -3.47. The molecule has 86 valence electrons. The molecule has 5 nitrogen and oxygen atoms in total. The average molecular weight is 240 g/mol. The van der Waals surface area contributed by atoms with E-state index in [2.05, 4.69) is 11.7 Å². The Morgan fingerprint density at radius 3 is 2.62 bits per heavy atom. The molecule has 1 rings (SSSR count). The standard InChI is InChI=1S/C10H12N2O3S/c1-4-5-8-9(12(2)13)6-7-11-10(8)16(3,14)15/h4-7H,2H2,1,3H3/b5-4-. The Morgan fingerprint density at radius 1 is 1.56 bits per heavy atom. The zero-order chi connectivity index (χ0) is 12.3. The molecule has 16 heavy (non-hydrogen) atoms. The maximum Gasteiger partial charge on any atom is 0.227 e. The van der Waals surface area contributed by atoms with Crippen molar-refractivity contribution >= 4 is 28.3 Å². The Balaban J connectivity index is 3.64. The van der Waals surface area contributed by atoms with E-state index in [1.165, 1.54) is 18.3 Å². The van der Waals surface area contributed by atoms with Gasteiger partial charge in [-0.15, -0.1) is 0 Å². The molecule has 0 saturated carbocycles. The highest BCUT2D eigenvalue weighted by Crippen LogP contribution is 2.24. The summed E-state index contributed by atoms with van der Waals surface area (Å²) >= 11 is 0. The van der Waals surface area contributed by atoms with Crippen molar-refractivity contribution in [3.63, 3.8) is 0 Å². The van der Waals surface area contributed by atoms with Crippen molar-refractivity contribution < 1.29 is 13.2 Å². The van der Waals surface area contributed by atoms with Gasteiger partial charge in [-0.05, 0) is 13.0 Å². The molecule has 0 aliphatic carbocycles. The summed E-state index contributed by atoms with van der Waals surface area (Å²) in [6.45, 7) is 4.92. The Kier molecular flexibility index (Phi) is 3.44. The molecule has 0 aromatic carbocycles. The fourth-order valence-electron chi connectivity index (χ4n) is 1.28. The minimum atomic E-state index is -3.47. The molecule has 0 aliphatic heterocycles. The largest absolute Gasteiger partial charge is 0.619 e. The van der Waals surface area contributed by atoms with Crippen LogP contribution in [0.3, 0.4) is 0 Å². The van der Waals surface area contributed by atoms with Gasteiger partial charge in [0.25, 0.3) is 0 Å². The first-order valence-corrected chi connectivity index (χ1v) is 6.36. The Labute approximate surface area is 94.3 Å². The molecule has 0 bridgehead atoms. The van der Waals surface area contributed by atoms with Gasteiger partial charge in [0.05, 0.1) is 5.56 Å². The van der Waals surface area contributed by atoms with Crippen molar-refractivity contribution in [1.29, 1.82) is 0 Å². The van der Waals surface area contributed by atoms with Gasteiger partial charge in [0.2, 0.25) is 5.69 Å². The van der Waals surface area contributed by atoms with Gasteiger partial charge in [-0.1, -0.05) is 6.08 Å². The van der Waals surface area contributed by atoms with Gasteiger partial charge >= 0.3 is 0 Å². The first kappa shape index (κ1) is 12.4. The Bertz CT molecular complexity index is 547. The Hall–Kier alpha value is -1.69. The van der Waals surface area contributed by atoms with Crippen molar-refractivity contribution in [3.8, 4) is 0 Å². The van der Waals surface area contributed by atoms with E-state index in [4.69, 9.17) is 0 Å². The number of pyridine rings is 1. The first-order chi connectivity index (χ1) is 7.38. The predicted octanol–water partition coefficient (Wildman–Crippen LogP) is 1.36. The normalized spacial score (nSPS) is 11.9. The van der Waals surface area contributed by atoms with E-state index < -0.39 is 9.84 Å². The lowest BCUT2D eigenvalue weighted by molar-refractivity contribution is -0.350. The molecule has 1 heterocycles. The predicted molar refractivity (Wildman–Crippen MR) is 62.5 cm³/mol. The van der Waals surface area contributed by atoms with Crippen LogP contribution >= 0.6 is 0 Å². The van der Waals surface area contributed by atoms with Crippen LogP contribution in [0.1, 0.15) is 12.5 Å². The zero-order valence-corrected chi connectivity index (χ0v) is 9.86. The maximum atomic E-state index is 11.5. The summed E-state index contributed by atoms with van der Waals surface area (Å²) in [5.41, 5.74) is 0.436.